The van der Waals surface area contributed by atoms with Crippen LogP contribution in [0.25, 0.3) is 11.3 Å². The van der Waals surface area contributed by atoms with Gasteiger partial charge in [0.15, 0.2) is 5.13 Å². The second kappa shape index (κ2) is 7.19. The van der Waals surface area contributed by atoms with Gasteiger partial charge in [-0.05, 0) is 31.0 Å². The van der Waals surface area contributed by atoms with E-state index in [4.69, 9.17) is 14.6 Å². The van der Waals surface area contributed by atoms with Crippen molar-refractivity contribution in [2.75, 3.05) is 39.3 Å². The first-order valence-corrected chi connectivity index (χ1v) is 8.73. The fraction of sp³-hybridized carbons (Fsp3) is 0.412. The lowest BCUT2D eigenvalue weighted by Gasteiger charge is -2.15. The zero-order chi connectivity index (χ0) is 17.1. The first-order chi connectivity index (χ1) is 11.6. The molecule has 3 rings (SSSR count). The molecule has 0 aliphatic carbocycles. The summed E-state index contributed by atoms with van der Waals surface area (Å²) in [5, 5.41) is 4.23. The molecule has 1 aliphatic rings. The van der Waals surface area contributed by atoms with Crippen LogP contribution in [0.2, 0.25) is 0 Å². The van der Waals surface area contributed by atoms with Crippen molar-refractivity contribution in [3.63, 3.8) is 0 Å². The third-order valence-corrected chi connectivity index (χ3v) is 5.05. The van der Waals surface area contributed by atoms with E-state index < -0.39 is 0 Å². The molecular weight excluding hydrogens is 326 g/mol. The normalized spacial score (nSPS) is 14.0. The molecule has 0 spiro atoms. The first-order valence-electron chi connectivity index (χ1n) is 7.85. The molecule has 1 aliphatic heterocycles. The minimum absolute atomic E-state index is 0.212. The Kier molecular flexibility index (Phi) is 5.01. The number of carbonyl (C=O) groups is 1. The van der Waals surface area contributed by atoms with Gasteiger partial charge < -0.3 is 9.64 Å². The number of thiazole rings is 1. The van der Waals surface area contributed by atoms with E-state index in [-0.39, 0.29) is 5.91 Å². The summed E-state index contributed by atoms with van der Waals surface area (Å²) in [5.74, 6) is 0.487. The summed E-state index contributed by atoms with van der Waals surface area (Å²) >= 11 is 1.63. The van der Waals surface area contributed by atoms with E-state index >= 15 is 0 Å². The lowest BCUT2D eigenvalue weighted by atomic mass is 10.1. The van der Waals surface area contributed by atoms with Crippen molar-refractivity contribution >= 4 is 22.4 Å². The van der Waals surface area contributed by atoms with E-state index in [0.29, 0.717) is 11.3 Å². The minimum atomic E-state index is -0.212. The second-order valence-corrected chi connectivity index (χ2v) is 6.45. The Morgan fingerprint density at radius 3 is 2.71 bits per heavy atom. The highest BCUT2D eigenvalue weighted by Gasteiger charge is 2.19. The highest BCUT2D eigenvalue weighted by molar-refractivity contribution is 7.14. The van der Waals surface area contributed by atoms with Gasteiger partial charge in [0.25, 0.3) is 5.91 Å². The molecule has 128 valence electrons. The van der Waals surface area contributed by atoms with Crippen molar-refractivity contribution < 1.29 is 14.4 Å². The van der Waals surface area contributed by atoms with Gasteiger partial charge >= 0.3 is 0 Å². The Balaban J connectivity index is 1.95. The Labute approximate surface area is 145 Å². The molecular formula is C17H21N3O3S. The number of hydrogen-bond acceptors (Lipinski definition) is 6. The maximum Gasteiger partial charge on any atom is 0.277 e. The summed E-state index contributed by atoms with van der Waals surface area (Å²) in [4.78, 5) is 24.3. The molecule has 7 heteroatoms. The SMILES string of the molecule is COc1ccc(C(=O)N(C)OC)cc1-c1csc(N2CCCC2)n1. The van der Waals surface area contributed by atoms with Gasteiger partial charge in [-0.15, -0.1) is 11.3 Å². The van der Waals surface area contributed by atoms with Crippen LogP contribution in [-0.2, 0) is 4.84 Å². The average molecular weight is 347 g/mol. The van der Waals surface area contributed by atoms with Crippen molar-refractivity contribution in [1.82, 2.24) is 10.0 Å². The summed E-state index contributed by atoms with van der Waals surface area (Å²) in [7, 11) is 4.67. The van der Waals surface area contributed by atoms with Gasteiger partial charge in [-0.25, -0.2) is 10.0 Å². The summed E-state index contributed by atoms with van der Waals surface area (Å²) in [6, 6.07) is 5.33. The van der Waals surface area contributed by atoms with E-state index in [1.54, 1.807) is 43.7 Å². The minimum Gasteiger partial charge on any atom is -0.496 e. The topological polar surface area (TPSA) is 54.9 Å². The molecule has 0 unspecified atom stereocenters. The number of carbonyl (C=O) groups excluding carboxylic acids is 1. The highest BCUT2D eigenvalue weighted by atomic mass is 32.1. The quantitative estimate of drug-likeness (QED) is 0.778. The third kappa shape index (κ3) is 3.22. The Morgan fingerprint density at radius 1 is 1.29 bits per heavy atom. The number of hydrogen-bond donors (Lipinski definition) is 0. The predicted molar refractivity (Wildman–Crippen MR) is 94.7 cm³/mol. The smallest absolute Gasteiger partial charge is 0.277 e. The molecule has 0 atom stereocenters. The van der Waals surface area contributed by atoms with Crippen molar-refractivity contribution in [3.05, 3.63) is 29.1 Å². The molecule has 0 saturated carbocycles. The Bertz CT molecular complexity index is 726. The standard InChI is InChI=1S/C17H21N3O3S/c1-19(23-3)16(21)12-6-7-15(22-2)13(10-12)14-11-24-17(18-14)20-8-4-5-9-20/h6-7,10-11H,4-5,8-9H2,1-3H3. The van der Waals surface area contributed by atoms with Crippen LogP contribution >= 0.6 is 11.3 Å². The molecule has 1 saturated heterocycles. The summed E-state index contributed by atoms with van der Waals surface area (Å²) in [6.07, 6.45) is 2.43. The Hall–Kier alpha value is -2.12. The fourth-order valence-electron chi connectivity index (χ4n) is 2.75. The molecule has 2 heterocycles. The molecule has 1 aromatic heterocycles. The van der Waals surface area contributed by atoms with Crippen LogP contribution in [0.5, 0.6) is 5.75 Å². The second-order valence-electron chi connectivity index (χ2n) is 5.61. The lowest BCUT2D eigenvalue weighted by Crippen LogP contribution is -2.25. The van der Waals surface area contributed by atoms with Crippen LogP contribution in [0.15, 0.2) is 23.6 Å². The van der Waals surface area contributed by atoms with Gasteiger partial charge in [0, 0.05) is 36.6 Å². The number of nitrogens with zero attached hydrogens (tertiary/aromatic N) is 3. The lowest BCUT2D eigenvalue weighted by molar-refractivity contribution is -0.0756. The molecule has 6 nitrogen and oxygen atoms in total. The molecule has 0 radical (unpaired) electrons. The van der Waals surface area contributed by atoms with Crippen LogP contribution in [-0.4, -0.2) is 50.3 Å². The molecule has 0 N–H and O–H groups in total. The molecule has 1 amide bonds. The largest absolute Gasteiger partial charge is 0.496 e. The van der Waals surface area contributed by atoms with E-state index in [0.717, 1.165) is 29.5 Å². The number of aromatic nitrogens is 1. The number of hydroxylamine groups is 2. The van der Waals surface area contributed by atoms with E-state index in [1.807, 2.05) is 5.38 Å². The molecule has 24 heavy (non-hydrogen) atoms. The Morgan fingerprint density at radius 2 is 2.04 bits per heavy atom. The van der Waals surface area contributed by atoms with Crippen molar-refractivity contribution in [3.8, 4) is 17.0 Å². The predicted octanol–water partition coefficient (Wildman–Crippen LogP) is 3.05. The summed E-state index contributed by atoms with van der Waals surface area (Å²) in [5.41, 5.74) is 2.17. The summed E-state index contributed by atoms with van der Waals surface area (Å²) in [6.45, 7) is 2.11. The number of amides is 1. The van der Waals surface area contributed by atoms with Crippen molar-refractivity contribution in [2.45, 2.75) is 12.8 Å². The molecule has 1 aromatic carbocycles. The van der Waals surface area contributed by atoms with Gasteiger partial charge in [-0.1, -0.05) is 0 Å². The van der Waals surface area contributed by atoms with Gasteiger partial charge in [0.2, 0.25) is 0 Å². The number of ether oxygens (including phenoxy) is 1. The average Bonchev–Trinajstić information content (AvgIpc) is 3.30. The number of anilines is 1. The van der Waals surface area contributed by atoms with Crippen LogP contribution in [0, 0.1) is 0 Å². The van der Waals surface area contributed by atoms with Gasteiger partial charge in [0.05, 0.1) is 19.9 Å². The number of rotatable bonds is 5. The van der Waals surface area contributed by atoms with Crippen molar-refractivity contribution in [2.24, 2.45) is 0 Å². The fourth-order valence-corrected chi connectivity index (χ4v) is 3.63. The third-order valence-electron chi connectivity index (χ3n) is 4.15. The molecule has 2 aromatic rings. The van der Waals surface area contributed by atoms with E-state index in [1.165, 1.54) is 25.0 Å². The molecule has 1 fully saturated rings. The first kappa shape index (κ1) is 16.7. The van der Waals surface area contributed by atoms with Gasteiger partial charge in [0.1, 0.15) is 5.75 Å². The van der Waals surface area contributed by atoms with Crippen LogP contribution in [0.3, 0.4) is 0 Å². The van der Waals surface area contributed by atoms with Crippen molar-refractivity contribution in [1.29, 1.82) is 0 Å². The van der Waals surface area contributed by atoms with Crippen LogP contribution in [0.4, 0.5) is 5.13 Å². The summed E-state index contributed by atoms with van der Waals surface area (Å²) < 4.78 is 5.45. The number of benzene rings is 1. The van der Waals surface area contributed by atoms with E-state index in [2.05, 4.69) is 4.90 Å². The monoisotopic (exact) mass is 347 g/mol. The zero-order valence-electron chi connectivity index (χ0n) is 14.1. The maximum absolute atomic E-state index is 12.3. The number of methoxy groups -OCH3 is 1. The van der Waals surface area contributed by atoms with Gasteiger partial charge in [-0.2, -0.15) is 0 Å². The highest BCUT2D eigenvalue weighted by Crippen LogP contribution is 2.35. The zero-order valence-corrected chi connectivity index (χ0v) is 14.9. The maximum atomic E-state index is 12.3. The van der Waals surface area contributed by atoms with Crippen LogP contribution < -0.4 is 9.64 Å². The van der Waals surface area contributed by atoms with Gasteiger partial charge in [-0.3, -0.25) is 9.63 Å². The van der Waals surface area contributed by atoms with Crippen LogP contribution in [0.1, 0.15) is 23.2 Å². The van der Waals surface area contributed by atoms with E-state index in [9.17, 15) is 4.79 Å². The molecule has 0 bridgehead atoms.